The number of hydrazine groups is 1. The van der Waals surface area contributed by atoms with E-state index in [2.05, 4.69) is 15.7 Å². The van der Waals surface area contributed by atoms with Crippen LogP contribution in [0.25, 0.3) is 0 Å². The summed E-state index contributed by atoms with van der Waals surface area (Å²) in [6, 6.07) is 7.72. The first-order chi connectivity index (χ1) is 10.1. The summed E-state index contributed by atoms with van der Waals surface area (Å²) >= 11 is 5.89. The molecule has 1 aromatic heterocycles. The van der Waals surface area contributed by atoms with Crippen molar-refractivity contribution in [1.82, 2.24) is 10.3 Å². The van der Waals surface area contributed by atoms with Crippen LogP contribution < -0.4 is 16.6 Å². The average molecular weight is 309 g/mol. The van der Waals surface area contributed by atoms with Crippen LogP contribution in [0, 0.1) is 5.82 Å². The number of carbonyl (C=O) groups is 1. The number of carbonyl (C=O) groups excluding carboxylic acids is 1. The number of hydrogen-bond donors (Lipinski definition) is 3. The Kier molecular flexibility index (Phi) is 5.08. The number of nitrogens with zero attached hydrogens (tertiary/aromatic N) is 1. The van der Waals surface area contributed by atoms with Gasteiger partial charge in [0.15, 0.2) is 5.82 Å². The molecule has 0 saturated heterocycles. The van der Waals surface area contributed by atoms with E-state index in [1.165, 1.54) is 24.4 Å². The van der Waals surface area contributed by atoms with Gasteiger partial charge in [-0.25, -0.2) is 15.2 Å². The highest BCUT2D eigenvalue weighted by molar-refractivity contribution is 6.33. The number of nitrogens with two attached hydrogens (primary N) is 1. The first kappa shape index (κ1) is 15.2. The van der Waals surface area contributed by atoms with Crippen LogP contribution in [0.15, 0.2) is 36.5 Å². The maximum absolute atomic E-state index is 13.0. The Morgan fingerprint density at radius 3 is 2.86 bits per heavy atom. The molecule has 0 atom stereocenters. The molecule has 4 N–H and O–H groups in total. The van der Waals surface area contributed by atoms with Crippen LogP contribution in [-0.2, 0) is 6.42 Å². The molecule has 1 aromatic carbocycles. The predicted molar refractivity (Wildman–Crippen MR) is 79.5 cm³/mol. The highest BCUT2D eigenvalue weighted by Gasteiger charge is 2.09. The van der Waals surface area contributed by atoms with E-state index in [-0.39, 0.29) is 16.7 Å². The minimum atomic E-state index is -0.302. The zero-order chi connectivity index (χ0) is 15.2. The topological polar surface area (TPSA) is 80.0 Å². The maximum Gasteiger partial charge on any atom is 0.252 e. The van der Waals surface area contributed by atoms with E-state index in [1.807, 2.05) is 0 Å². The molecule has 0 bridgehead atoms. The highest BCUT2D eigenvalue weighted by Crippen LogP contribution is 2.18. The van der Waals surface area contributed by atoms with Crippen molar-refractivity contribution in [3.63, 3.8) is 0 Å². The first-order valence-corrected chi connectivity index (χ1v) is 6.63. The normalized spacial score (nSPS) is 10.2. The molecule has 0 aliphatic rings. The van der Waals surface area contributed by atoms with Gasteiger partial charge in [-0.15, -0.1) is 0 Å². The Labute approximate surface area is 126 Å². The fourth-order valence-corrected chi connectivity index (χ4v) is 2.00. The number of rotatable bonds is 5. The minimum absolute atomic E-state index is 0.260. The van der Waals surface area contributed by atoms with Crippen LogP contribution in [0.1, 0.15) is 15.9 Å². The van der Waals surface area contributed by atoms with Crippen molar-refractivity contribution in [3.8, 4) is 0 Å². The number of nitrogens with one attached hydrogen (secondary N) is 2. The largest absolute Gasteiger partial charge is 0.352 e. The number of amides is 1. The lowest BCUT2D eigenvalue weighted by molar-refractivity contribution is 0.0954. The van der Waals surface area contributed by atoms with Gasteiger partial charge in [-0.3, -0.25) is 4.79 Å². The SMILES string of the molecule is NNc1ncc(C(=O)NCCc2cccc(F)c2)cc1Cl. The molecule has 0 unspecified atom stereocenters. The van der Waals surface area contributed by atoms with Crippen LogP contribution >= 0.6 is 11.6 Å². The van der Waals surface area contributed by atoms with E-state index in [4.69, 9.17) is 17.4 Å². The van der Waals surface area contributed by atoms with E-state index < -0.39 is 0 Å². The second kappa shape index (κ2) is 7.01. The van der Waals surface area contributed by atoms with E-state index >= 15 is 0 Å². The molecule has 0 aliphatic carbocycles. The number of anilines is 1. The van der Waals surface area contributed by atoms with Gasteiger partial charge in [0.1, 0.15) is 5.82 Å². The van der Waals surface area contributed by atoms with Crippen molar-refractivity contribution in [3.05, 3.63) is 58.5 Å². The summed E-state index contributed by atoms with van der Waals surface area (Å²) in [5.41, 5.74) is 3.47. The van der Waals surface area contributed by atoms with E-state index in [1.54, 1.807) is 12.1 Å². The summed E-state index contributed by atoms with van der Waals surface area (Å²) in [5, 5.41) is 2.98. The average Bonchev–Trinajstić information content (AvgIpc) is 2.47. The van der Waals surface area contributed by atoms with Crippen LogP contribution in [0.4, 0.5) is 10.2 Å². The number of nitrogen functional groups attached to an aromatic ring is 1. The molecule has 0 fully saturated rings. The van der Waals surface area contributed by atoms with Crippen molar-refractivity contribution in [2.75, 3.05) is 12.0 Å². The first-order valence-electron chi connectivity index (χ1n) is 6.25. The van der Waals surface area contributed by atoms with Crippen molar-refractivity contribution in [2.45, 2.75) is 6.42 Å². The Bertz CT molecular complexity index is 651. The zero-order valence-corrected chi connectivity index (χ0v) is 11.8. The third-order valence-electron chi connectivity index (χ3n) is 2.83. The Hall–Kier alpha value is -2.18. The number of hydrogen-bond acceptors (Lipinski definition) is 4. The molecule has 1 amide bonds. The van der Waals surface area contributed by atoms with Gasteiger partial charge in [0.2, 0.25) is 0 Å². The molecule has 7 heteroatoms. The Morgan fingerprint density at radius 2 is 2.19 bits per heavy atom. The van der Waals surface area contributed by atoms with E-state index in [0.717, 1.165) is 5.56 Å². The Morgan fingerprint density at radius 1 is 1.38 bits per heavy atom. The minimum Gasteiger partial charge on any atom is -0.352 e. The van der Waals surface area contributed by atoms with Gasteiger partial charge in [-0.1, -0.05) is 23.7 Å². The molecule has 110 valence electrons. The van der Waals surface area contributed by atoms with Gasteiger partial charge >= 0.3 is 0 Å². The van der Waals surface area contributed by atoms with Gasteiger partial charge in [0, 0.05) is 12.7 Å². The lowest BCUT2D eigenvalue weighted by Gasteiger charge is -2.07. The summed E-state index contributed by atoms with van der Waals surface area (Å²) in [6.45, 7) is 0.386. The van der Waals surface area contributed by atoms with Crippen LogP contribution in [0.3, 0.4) is 0 Å². The smallest absolute Gasteiger partial charge is 0.252 e. The fourth-order valence-electron chi connectivity index (χ4n) is 1.78. The second-order valence-electron chi connectivity index (χ2n) is 4.33. The number of halogens is 2. The molecule has 0 saturated carbocycles. The number of pyridine rings is 1. The molecule has 0 radical (unpaired) electrons. The molecule has 2 rings (SSSR count). The van der Waals surface area contributed by atoms with E-state index in [9.17, 15) is 9.18 Å². The summed E-state index contributed by atoms with van der Waals surface area (Å²) in [4.78, 5) is 15.8. The predicted octanol–water partition coefficient (Wildman–Crippen LogP) is 2.13. The van der Waals surface area contributed by atoms with Gasteiger partial charge in [0.25, 0.3) is 5.91 Å². The van der Waals surface area contributed by atoms with Crippen LogP contribution in [-0.4, -0.2) is 17.4 Å². The number of benzene rings is 1. The molecule has 21 heavy (non-hydrogen) atoms. The van der Waals surface area contributed by atoms with Crippen LogP contribution in [0.5, 0.6) is 0 Å². The van der Waals surface area contributed by atoms with Crippen molar-refractivity contribution in [2.24, 2.45) is 5.84 Å². The van der Waals surface area contributed by atoms with Crippen molar-refractivity contribution < 1.29 is 9.18 Å². The zero-order valence-electron chi connectivity index (χ0n) is 11.1. The molecular formula is C14H14ClFN4O. The summed E-state index contributed by atoms with van der Waals surface area (Å²) in [7, 11) is 0. The summed E-state index contributed by atoms with van der Waals surface area (Å²) < 4.78 is 13.0. The second-order valence-corrected chi connectivity index (χ2v) is 4.74. The fraction of sp³-hybridized carbons (Fsp3) is 0.143. The molecule has 0 aliphatic heterocycles. The number of aromatic nitrogens is 1. The van der Waals surface area contributed by atoms with Gasteiger partial charge in [-0.05, 0) is 30.2 Å². The lowest BCUT2D eigenvalue weighted by Crippen LogP contribution is -2.26. The monoisotopic (exact) mass is 308 g/mol. The Balaban J connectivity index is 1.91. The molecule has 1 heterocycles. The van der Waals surface area contributed by atoms with Crippen LogP contribution in [0.2, 0.25) is 5.02 Å². The molecule has 2 aromatic rings. The van der Waals surface area contributed by atoms with Gasteiger partial charge < -0.3 is 10.7 Å². The van der Waals surface area contributed by atoms with Gasteiger partial charge in [-0.2, -0.15) is 0 Å². The summed E-state index contributed by atoms with van der Waals surface area (Å²) in [6.07, 6.45) is 1.91. The highest BCUT2D eigenvalue weighted by atomic mass is 35.5. The molecule has 0 spiro atoms. The van der Waals surface area contributed by atoms with Crippen molar-refractivity contribution >= 4 is 23.3 Å². The summed E-state index contributed by atoms with van der Waals surface area (Å²) in [5.74, 6) is 4.91. The third kappa shape index (κ3) is 4.14. The lowest BCUT2D eigenvalue weighted by atomic mass is 10.1. The molecule has 5 nitrogen and oxygen atoms in total. The standard InChI is InChI=1S/C14H14ClFN4O/c15-12-7-10(8-19-13(12)20-17)14(21)18-5-4-9-2-1-3-11(16)6-9/h1-3,6-8H,4-5,17H2,(H,18,21)(H,19,20). The molecular weight excluding hydrogens is 295 g/mol. The third-order valence-corrected chi connectivity index (χ3v) is 3.12. The van der Waals surface area contributed by atoms with E-state index in [0.29, 0.717) is 24.3 Å². The van der Waals surface area contributed by atoms with Crippen molar-refractivity contribution in [1.29, 1.82) is 0 Å². The van der Waals surface area contributed by atoms with Gasteiger partial charge in [0.05, 0.1) is 10.6 Å². The quantitative estimate of drug-likeness (QED) is 0.584. The maximum atomic E-state index is 13.0.